The number of amides is 1. The summed E-state index contributed by atoms with van der Waals surface area (Å²) in [5.74, 6) is 0.246. The molecule has 1 amide bonds. The van der Waals surface area contributed by atoms with Crippen LogP contribution in [0.25, 0.3) is 0 Å². The maximum Gasteiger partial charge on any atom is 0.326 e. The van der Waals surface area contributed by atoms with Crippen LogP contribution in [0.1, 0.15) is 44.9 Å². The van der Waals surface area contributed by atoms with Gasteiger partial charge in [-0.15, -0.1) is 0 Å². The standard InChI is InChI=1S/C15H26N2O3S/c1-21-9-8-11(16)14(18)17-12-5-3-2-4-10(12)6-7-13(17)15(19)20/h10-13H,2-9,16H2,1H3,(H,19,20)/t10?,11-,12?,13?/m1/s1. The van der Waals surface area contributed by atoms with Gasteiger partial charge in [0.2, 0.25) is 5.91 Å². The number of fused-ring (bicyclic) bond motifs is 1. The number of carbonyl (C=O) groups excluding carboxylic acids is 1. The Hall–Kier alpha value is -0.750. The summed E-state index contributed by atoms with van der Waals surface area (Å²) in [7, 11) is 0. The lowest BCUT2D eigenvalue weighted by Gasteiger charge is -2.47. The minimum Gasteiger partial charge on any atom is -0.480 e. The first-order chi connectivity index (χ1) is 10.1. The largest absolute Gasteiger partial charge is 0.480 e. The average molecular weight is 314 g/mol. The van der Waals surface area contributed by atoms with Crippen molar-refractivity contribution in [2.24, 2.45) is 11.7 Å². The number of nitrogens with two attached hydrogens (primary N) is 1. The second-order valence-electron chi connectivity index (χ2n) is 6.18. The zero-order valence-corrected chi connectivity index (χ0v) is 13.5. The Bertz CT molecular complexity index is 391. The fourth-order valence-electron chi connectivity index (χ4n) is 3.75. The van der Waals surface area contributed by atoms with E-state index < -0.39 is 18.1 Å². The number of hydrogen-bond donors (Lipinski definition) is 2. The molecule has 0 spiro atoms. The number of rotatable bonds is 5. The summed E-state index contributed by atoms with van der Waals surface area (Å²) < 4.78 is 0. The Balaban J connectivity index is 2.15. The zero-order valence-electron chi connectivity index (χ0n) is 12.7. The van der Waals surface area contributed by atoms with Gasteiger partial charge in [-0.2, -0.15) is 11.8 Å². The van der Waals surface area contributed by atoms with Gasteiger partial charge in [-0.05, 0) is 50.0 Å². The van der Waals surface area contributed by atoms with Crippen molar-refractivity contribution in [1.82, 2.24) is 4.90 Å². The fraction of sp³-hybridized carbons (Fsp3) is 0.867. The highest BCUT2D eigenvalue weighted by atomic mass is 32.2. The Labute approximate surface area is 130 Å². The smallest absolute Gasteiger partial charge is 0.326 e. The molecule has 0 aromatic carbocycles. The molecule has 1 saturated heterocycles. The molecule has 0 bridgehead atoms. The van der Waals surface area contributed by atoms with Crippen molar-refractivity contribution in [3.8, 4) is 0 Å². The second kappa shape index (κ2) is 7.49. The minimum atomic E-state index is -0.885. The van der Waals surface area contributed by atoms with Crippen molar-refractivity contribution in [3.05, 3.63) is 0 Å². The van der Waals surface area contributed by atoms with E-state index in [4.69, 9.17) is 5.73 Å². The second-order valence-corrected chi connectivity index (χ2v) is 7.16. The number of hydrogen-bond acceptors (Lipinski definition) is 4. The lowest BCUT2D eigenvalue weighted by molar-refractivity contribution is -0.159. The third kappa shape index (κ3) is 3.72. The van der Waals surface area contributed by atoms with Gasteiger partial charge in [0.05, 0.1) is 6.04 Å². The van der Waals surface area contributed by atoms with Crippen LogP contribution < -0.4 is 5.73 Å². The lowest BCUT2D eigenvalue weighted by Crippen LogP contribution is -2.60. The van der Waals surface area contributed by atoms with Crippen molar-refractivity contribution in [1.29, 1.82) is 0 Å². The van der Waals surface area contributed by atoms with Crippen LogP contribution in [0, 0.1) is 5.92 Å². The molecule has 2 fully saturated rings. The van der Waals surface area contributed by atoms with E-state index in [0.29, 0.717) is 18.8 Å². The molecule has 2 aliphatic rings. The number of piperidine rings is 1. The van der Waals surface area contributed by atoms with Crippen LogP contribution in [0.15, 0.2) is 0 Å². The van der Waals surface area contributed by atoms with Crippen LogP contribution in [-0.2, 0) is 9.59 Å². The molecule has 3 N–H and O–H groups in total. The molecule has 6 heteroatoms. The van der Waals surface area contributed by atoms with Gasteiger partial charge >= 0.3 is 5.97 Å². The maximum absolute atomic E-state index is 12.7. The van der Waals surface area contributed by atoms with Crippen molar-refractivity contribution >= 4 is 23.6 Å². The molecule has 0 radical (unpaired) electrons. The average Bonchev–Trinajstić information content (AvgIpc) is 2.50. The van der Waals surface area contributed by atoms with E-state index in [9.17, 15) is 14.7 Å². The monoisotopic (exact) mass is 314 g/mol. The number of thioether (sulfide) groups is 1. The van der Waals surface area contributed by atoms with Crippen molar-refractivity contribution < 1.29 is 14.7 Å². The highest BCUT2D eigenvalue weighted by Crippen LogP contribution is 2.38. The van der Waals surface area contributed by atoms with E-state index in [1.165, 1.54) is 6.42 Å². The summed E-state index contributed by atoms with van der Waals surface area (Å²) in [6, 6.07) is -1.17. The maximum atomic E-state index is 12.7. The number of carboxylic acids is 1. The highest BCUT2D eigenvalue weighted by Gasteiger charge is 2.44. The molecular formula is C15H26N2O3S. The summed E-state index contributed by atoms with van der Waals surface area (Å²) in [5.41, 5.74) is 6.02. The highest BCUT2D eigenvalue weighted by molar-refractivity contribution is 7.98. The molecule has 0 aromatic heterocycles. The molecule has 4 atom stereocenters. The van der Waals surface area contributed by atoms with Crippen LogP contribution in [0.2, 0.25) is 0 Å². The predicted octanol–water partition coefficient (Wildman–Crippen LogP) is 1.70. The van der Waals surface area contributed by atoms with Gasteiger partial charge in [0.15, 0.2) is 0 Å². The van der Waals surface area contributed by atoms with E-state index in [2.05, 4.69) is 0 Å². The van der Waals surface area contributed by atoms with Crippen molar-refractivity contribution in [2.75, 3.05) is 12.0 Å². The molecule has 5 nitrogen and oxygen atoms in total. The molecule has 0 aromatic rings. The van der Waals surface area contributed by atoms with Gasteiger partial charge < -0.3 is 15.7 Å². The van der Waals surface area contributed by atoms with Crippen LogP contribution in [-0.4, -0.2) is 52.0 Å². The van der Waals surface area contributed by atoms with Gasteiger partial charge in [-0.25, -0.2) is 4.79 Å². The summed E-state index contributed by atoms with van der Waals surface area (Å²) in [5, 5.41) is 9.47. The Kier molecular flexibility index (Phi) is 5.93. The zero-order chi connectivity index (χ0) is 15.4. The molecule has 1 aliphatic carbocycles. The normalized spacial score (nSPS) is 30.6. The van der Waals surface area contributed by atoms with E-state index in [1.807, 2.05) is 6.26 Å². The minimum absolute atomic E-state index is 0.0847. The molecule has 120 valence electrons. The van der Waals surface area contributed by atoms with Crippen molar-refractivity contribution in [3.63, 3.8) is 0 Å². The Morgan fingerprint density at radius 1 is 1.29 bits per heavy atom. The summed E-state index contributed by atoms with van der Waals surface area (Å²) in [6.07, 6.45) is 8.39. The summed E-state index contributed by atoms with van der Waals surface area (Å²) in [6.45, 7) is 0. The third-order valence-electron chi connectivity index (χ3n) is 4.86. The van der Waals surface area contributed by atoms with Gasteiger partial charge in [-0.1, -0.05) is 12.8 Å². The van der Waals surface area contributed by atoms with Crippen molar-refractivity contribution in [2.45, 2.75) is 63.1 Å². The lowest BCUT2D eigenvalue weighted by atomic mass is 9.76. The first-order valence-electron chi connectivity index (χ1n) is 7.85. The number of likely N-dealkylation sites (tertiary alicyclic amines) is 1. The molecule has 1 heterocycles. The molecular weight excluding hydrogens is 288 g/mol. The quantitative estimate of drug-likeness (QED) is 0.807. The van der Waals surface area contributed by atoms with E-state index in [-0.39, 0.29) is 11.9 Å². The number of aliphatic carboxylic acids is 1. The van der Waals surface area contributed by atoms with E-state index >= 15 is 0 Å². The first-order valence-corrected chi connectivity index (χ1v) is 9.25. The van der Waals surface area contributed by atoms with Gasteiger partial charge in [0, 0.05) is 6.04 Å². The van der Waals surface area contributed by atoms with Crippen LogP contribution in [0.3, 0.4) is 0 Å². The molecule has 1 aliphatic heterocycles. The molecule has 21 heavy (non-hydrogen) atoms. The van der Waals surface area contributed by atoms with Gasteiger partial charge in [-0.3, -0.25) is 4.79 Å². The Morgan fingerprint density at radius 2 is 2.00 bits per heavy atom. The number of carboxylic acid groups (broad SMARTS) is 1. The van der Waals surface area contributed by atoms with E-state index in [0.717, 1.165) is 31.4 Å². The Morgan fingerprint density at radius 3 is 2.67 bits per heavy atom. The van der Waals surface area contributed by atoms with Crippen LogP contribution >= 0.6 is 11.8 Å². The summed E-state index contributed by atoms with van der Waals surface area (Å²) >= 11 is 1.66. The number of carbonyl (C=O) groups is 2. The summed E-state index contributed by atoms with van der Waals surface area (Å²) in [4.78, 5) is 25.9. The topological polar surface area (TPSA) is 83.6 Å². The van der Waals surface area contributed by atoms with Gasteiger partial charge in [0.1, 0.15) is 6.04 Å². The first kappa shape index (κ1) is 16.6. The van der Waals surface area contributed by atoms with E-state index in [1.54, 1.807) is 16.7 Å². The molecule has 2 rings (SSSR count). The van der Waals surface area contributed by atoms with Crippen LogP contribution in [0.5, 0.6) is 0 Å². The van der Waals surface area contributed by atoms with Crippen LogP contribution in [0.4, 0.5) is 0 Å². The SMILES string of the molecule is CSCC[C@@H](N)C(=O)N1C(C(=O)O)CCC2CCCCC21. The molecule has 3 unspecified atom stereocenters. The third-order valence-corrected chi connectivity index (χ3v) is 5.51. The number of nitrogens with zero attached hydrogens (tertiary/aromatic N) is 1. The predicted molar refractivity (Wildman–Crippen MR) is 84.2 cm³/mol. The van der Waals surface area contributed by atoms with Gasteiger partial charge in [0.25, 0.3) is 0 Å². The molecule has 1 saturated carbocycles. The fourth-order valence-corrected chi connectivity index (χ4v) is 4.24.